The van der Waals surface area contributed by atoms with Crippen molar-refractivity contribution in [1.82, 2.24) is 4.90 Å². The van der Waals surface area contributed by atoms with E-state index < -0.39 is 52.3 Å². The van der Waals surface area contributed by atoms with E-state index in [-0.39, 0.29) is 29.0 Å². The lowest BCUT2D eigenvalue weighted by molar-refractivity contribution is -0.144. The maximum Gasteiger partial charge on any atom is 0.255 e. The van der Waals surface area contributed by atoms with Crippen molar-refractivity contribution >= 4 is 17.5 Å². The molecule has 0 bridgehead atoms. The van der Waals surface area contributed by atoms with Crippen LogP contribution in [0.5, 0.6) is 5.75 Å². The van der Waals surface area contributed by atoms with Gasteiger partial charge in [0.15, 0.2) is 11.4 Å². The van der Waals surface area contributed by atoms with Gasteiger partial charge < -0.3 is 26.8 Å². The number of primary amides is 1. The van der Waals surface area contributed by atoms with E-state index in [2.05, 4.69) is 0 Å². The third kappa shape index (κ3) is 2.39. The van der Waals surface area contributed by atoms with Crippen molar-refractivity contribution in [3.8, 4) is 5.75 Å². The van der Waals surface area contributed by atoms with Gasteiger partial charge in [0, 0.05) is 11.5 Å². The molecular formula is C21H23N3O6. The molecule has 0 saturated heterocycles. The average molecular weight is 413 g/mol. The van der Waals surface area contributed by atoms with Crippen LogP contribution in [0.4, 0.5) is 0 Å². The second-order valence-corrected chi connectivity index (χ2v) is 8.34. The average Bonchev–Trinajstić information content (AvgIpc) is 2.64. The summed E-state index contributed by atoms with van der Waals surface area (Å²) in [6.07, 6.45) is 0.539. The largest absolute Gasteiger partial charge is 0.510 e. The molecule has 0 fully saturated rings. The van der Waals surface area contributed by atoms with Crippen molar-refractivity contribution in [3.05, 3.63) is 51.9 Å². The van der Waals surface area contributed by atoms with E-state index >= 15 is 0 Å². The van der Waals surface area contributed by atoms with E-state index in [4.69, 9.17) is 11.5 Å². The van der Waals surface area contributed by atoms with Crippen LogP contribution in [0, 0.1) is 11.8 Å². The second kappa shape index (κ2) is 6.41. The summed E-state index contributed by atoms with van der Waals surface area (Å²) in [6, 6.07) is 3.85. The number of nitrogens with two attached hydrogens (primary N) is 2. The molecule has 4 atom stereocenters. The lowest BCUT2D eigenvalue weighted by Crippen LogP contribution is -2.65. The van der Waals surface area contributed by atoms with Gasteiger partial charge in [-0.05, 0) is 44.5 Å². The highest BCUT2D eigenvalue weighted by atomic mass is 16.3. The number of aromatic hydroxyl groups is 1. The molecule has 0 heterocycles. The minimum Gasteiger partial charge on any atom is -0.510 e. The Bertz CT molecular complexity index is 1070. The molecule has 0 aliphatic heterocycles. The Morgan fingerprint density at radius 2 is 1.90 bits per heavy atom. The number of aliphatic hydroxyl groups excluding tert-OH is 1. The number of hydrogen-bond acceptors (Lipinski definition) is 8. The fraction of sp³-hybridized carbons (Fsp3) is 0.381. The summed E-state index contributed by atoms with van der Waals surface area (Å²) in [7, 11) is 3.26. The number of aliphatic hydroxyl groups is 2. The normalized spacial score (nSPS) is 30.9. The van der Waals surface area contributed by atoms with Crippen LogP contribution in [0.2, 0.25) is 0 Å². The van der Waals surface area contributed by atoms with Crippen LogP contribution in [0.1, 0.15) is 22.3 Å². The maximum atomic E-state index is 13.2. The summed E-state index contributed by atoms with van der Waals surface area (Å²) in [5, 5.41) is 32.4. The number of phenols is 1. The van der Waals surface area contributed by atoms with E-state index in [1.165, 1.54) is 6.07 Å². The number of Topliss-reactive ketones (excluding diaryl/α,β-unsaturated/α-hetero) is 2. The van der Waals surface area contributed by atoms with Crippen LogP contribution in [-0.4, -0.2) is 63.4 Å². The molecule has 0 spiro atoms. The Balaban J connectivity index is 1.97. The second-order valence-electron chi connectivity index (χ2n) is 8.34. The fourth-order valence-corrected chi connectivity index (χ4v) is 5.27. The molecule has 0 aromatic heterocycles. The number of allylic oxidation sites excluding steroid dienone is 1. The van der Waals surface area contributed by atoms with Gasteiger partial charge in [-0.15, -0.1) is 0 Å². The first-order valence-electron chi connectivity index (χ1n) is 9.53. The first-order chi connectivity index (χ1) is 14.0. The van der Waals surface area contributed by atoms with Crippen molar-refractivity contribution in [2.45, 2.75) is 24.5 Å². The zero-order chi connectivity index (χ0) is 22.1. The van der Waals surface area contributed by atoms with Crippen LogP contribution in [0.25, 0.3) is 0 Å². The summed E-state index contributed by atoms with van der Waals surface area (Å²) >= 11 is 0. The third-order valence-corrected chi connectivity index (χ3v) is 6.54. The number of amides is 1. The Kier molecular flexibility index (Phi) is 4.30. The molecule has 4 rings (SSSR count). The highest BCUT2D eigenvalue weighted by Gasteiger charge is 2.62. The zero-order valence-corrected chi connectivity index (χ0v) is 16.5. The summed E-state index contributed by atoms with van der Waals surface area (Å²) in [5.74, 6) is -4.90. The Morgan fingerprint density at radius 1 is 1.23 bits per heavy atom. The van der Waals surface area contributed by atoms with E-state index in [1.807, 2.05) is 0 Å². The fourth-order valence-electron chi connectivity index (χ4n) is 5.27. The number of hydrogen-bond donors (Lipinski definition) is 5. The number of phenolic OH excluding ortho intramolecular Hbond substituents is 1. The topological polar surface area (TPSA) is 167 Å². The maximum absolute atomic E-state index is 13.2. The van der Waals surface area contributed by atoms with Gasteiger partial charge in [-0.25, -0.2) is 0 Å². The quantitative estimate of drug-likeness (QED) is 0.405. The van der Waals surface area contributed by atoms with Gasteiger partial charge in [0.1, 0.15) is 17.1 Å². The molecule has 1 aromatic rings. The van der Waals surface area contributed by atoms with Gasteiger partial charge in [-0.2, -0.15) is 0 Å². The molecule has 0 radical (unpaired) electrons. The predicted octanol–water partition coefficient (Wildman–Crippen LogP) is -0.479. The summed E-state index contributed by atoms with van der Waals surface area (Å²) in [6.45, 7) is 0. The highest BCUT2D eigenvalue weighted by Crippen LogP contribution is 2.51. The molecule has 9 heteroatoms. The zero-order valence-electron chi connectivity index (χ0n) is 16.5. The smallest absolute Gasteiger partial charge is 0.255 e. The molecule has 3 aliphatic rings. The lowest BCUT2D eigenvalue weighted by atomic mass is 9.58. The first kappa shape index (κ1) is 20.1. The minimum absolute atomic E-state index is 0.0545. The number of likely N-dealkylation sites (N-methyl/N-ethyl adjacent to an activating group) is 1. The van der Waals surface area contributed by atoms with E-state index in [0.717, 1.165) is 0 Å². The number of carbonyl (C=O) groups is 3. The molecule has 30 heavy (non-hydrogen) atoms. The number of rotatable bonds is 2. The molecule has 0 saturated carbocycles. The van der Waals surface area contributed by atoms with Crippen LogP contribution in [0.15, 0.2) is 40.8 Å². The van der Waals surface area contributed by atoms with Crippen molar-refractivity contribution in [2.75, 3.05) is 14.1 Å². The molecule has 0 unspecified atom stereocenters. The summed E-state index contributed by atoms with van der Waals surface area (Å²) in [5.41, 5.74) is 8.92. The van der Waals surface area contributed by atoms with Crippen molar-refractivity contribution in [3.63, 3.8) is 0 Å². The van der Waals surface area contributed by atoms with Crippen LogP contribution in [0.3, 0.4) is 0 Å². The molecule has 1 aromatic carbocycles. The Hall–Kier alpha value is -3.17. The van der Waals surface area contributed by atoms with E-state index in [0.29, 0.717) is 12.0 Å². The predicted molar refractivity (Wildman–Crippen MR) is 105 cm³/mol. The Labute approximate surface area is 172 Å². The number of benzene rings is 1. The molecule has 1 amide bonds. The molecule has 7 N–H and O–H groups in total. The summed E-state index contributed by atoms with van der Waals surface area (Å²) in [4.78, 5) is 39.9. The minimum atomic E-state index is -2.38. The van der Waals surface area contributed by atoms with Crippen LogP contribution < -0.4 is 11.5 Å². The van der Waals surface area contributed by atoms with Gasteiger partial charge in [-0.3, -0.25) is 19.3 Å². The monoisotopic (exact) mass is 413 g/mol. The molecular weight excluding hydrogens is 390 g/mol. The van der Waals surface area contributed by atoms with Crippen molar-refractivity contribution in [1.29, 1.82) is 0 Å². The van der Waals surface area contributed by atoms with Gasteiger partial charge >= 0.3 is 0 Å². The molecule has 158 valence electrons. The number of carbonyl (C=O) groups excluding carboxylic acids is 3. The first-order valence-corrected chi connectivity index (χ1v) is 9.53. The van der Waals surface area contributed by atoms with E-state index in [1.54, 1.807) is 31.1 Å². The van der Waals surface area contributed by atoms with E-state index in [9.17, 15) is 29.7 Å². The number of nitrogens with zero attached hydrogens (tertiary/aromatic N) is 1. The highest BCUT2D eigenvalue weighted by molar-refractivity contribution is 6.25. The van der Waals surface area contributed by atoms with Crippen molar-refractivity contribution < 1.29 is 29.7 Å². The van der Waals surface area contributed by atoms with Gasteiger partial charge in [0.25, 0.3) is 5.91 Å². The van der Waals surface area contributed by atoms with Gasteiger partial charge in [0.2, 0.25) is 5.78 Å². The van der Waals surface area contributed by atoms with Gasteiger partial charge in [0.05, 0.1) is 17.3 Å². The van der Waals surface area contributed by atoms with Crippen molar-refractivity contribution in [2.24, 2.45) is 23.3 Å². The third-order valence-electron chi connectivity index (χ3n) is 6.54. The van der Waals surface area contributed by atoms with Crippen LogP contribution >= 0.6 is 0 Å². The molecule has 3 aliphatic carbocycles. The standard InChI is InChI=1S/C21H23N3O6/c1-24(2)15-10-7-9-6-8-4-3-5-11(25)12(8)16(26)13(9)18(22)21(10,30)19(28)14(17(15)27)20(23)29/h3-5,9-10,15,25,27,30H,6-7,22H2,1-2H3,(H2,23,29)/t9-,10-,15-,21-/m0/s1. The Morgan fingerprint density at radius 3 is 2.50 bits per heavy atom. The SMILES string of the molecule is CN(C)[C@@H]1C(O)=C(C(N)=O)C(=O)[C@@]2(O)C(N)=C3C(=O)c4c(O)cccc4C[C@H]3C[C@@H]12. The number of ketones is 2. The van der Waals surface area contributed by atoms with Gasteiger partial charge in [-0.1, -0.05) is 12.1 Å². The number of fused-ring (bicyclic) bond motifs is 3. The summed E-state index contributed by atoms with van der Waals surface area (Å²) < 4.78 is 0. The van der Waals surface area contributed by atoms with Crippen LogP contribution in [-0.2, 0) is 16.0 Å². The lowest BCUT2D eigenvalue weighted by Gasteiger charge is -2.50. The molecule has 9 nitrogen and oxygen atoms in total.